The Bertz CT molecular complexity index is 1220. The predicted molar refractivity (Wildman–Crippen MR) is 120 cm³/mol. The van der Waals surface area contributed by atoms with Crippen LogP contribution in [0.2, 0.25) is 0 Å². The molecule has 2 heterocycles. The van der Waals surface area contributed by atoms with Crippen LogP contribution in [0.25, 0.3) is 0 Å². The second kappa shape index (κ2) is 9.69. The van der Waals surface area contributed by atoms with Gasteiger partial charge >= 0.3 is 0 Å². The normalized spacial score (nSPS) is 15.3. The van der Waals surface area contributed by atoms with Crippen LogP contribution in [0.3, 0.4) is 0 Å². The topological polar surface area (TPSA) is 118 Å². The highest BCUT2D eigenvalue weighted by atomic mass is 32.2. The van der Waals surface area contributed by atoms with Crippen molar-refractivity contribution in [2.24, 2.45) is 0 Å². The average Bonchev–Trinajstić information content (AvgIpc) is 3.23. The van der Waals surface area contributed by atoms with Crippen molar-refractivity contribution >= 4 is 21.6 Å². The molecule has 1 amide bonds. The van der Waals surface area contributed by atoms with Crippen LogP contribution in [0.5, 0.6) is 5.75 Å². The Morgan fingerprint density at radius 2 is 1.85 bits per heavy atom. The van der Waals surface area contributed by atoms with Gasteiger partial charge in [-0.1, -0.05) is 11.2 Å². The zero-order chi connectivity index (χ0) is 23.4. The van der Waals surface area contributed by atoms with Crippen molar-refractivity contribution in [3.63, 3.8) is 0 Å². The van der Waals surface area contributed by atoms with Crippen LogP contribution < -0.4 is 10.1 Å². The van der Waals surface area contributed by atoms with Crippen LogP contribution in [0.1, 0.15) is 22.1 Å². The molecule has 1 aliphatic heterocycles. The number of aromatic nitrogens is 2. The maximum absolute atomic E-state index is 13.0. The minimum atomic E-state index is -3.62. The minimum absolute atomic E-state index is 0.150. The summed E-state index contributed by atoms with van der Waals surface area (Å²) in [6, 6.07) is 12.9. The first-order valence-electron chi connectivity index (χ1n) is 10.4. The van der Waals surface area contributed by atoms with E-state index in [0.29, 0.717) is 54.9 Å². The molecule has 0 atom stereocenters. The number of carbonyl (C=O) groups is 1. The van der Waals surface area contributed by atoms with E-state index in [4.69, 9.17) is 9.26 Å². The van der Waals surface area contributed by atoms with Crippen LogP contribution >= 0.6 is 0 Å². The smallest absolute Gasteiger partial charge is 0.255 e. The number of piperazine rings is 1. The molecule has 3 aromatic rings. The summed E-state index contributed by atoms with van der Waals surface area (Å²) >= 11 is 0. The second-order valence-electron chi connectivity index (χ2n) is 7.73. The van der Waals surface area contributed by atoms with Crippen molar-refractivity contribution < 1.29 is 22.5 Å². The summed E-state index contributed by atoms with van der Waals surface area (Å²) in [7, 11) is -1.65. The molecule has 174 valence electrons. The third-order valence-electron chi connectivity index (χ3n) is 5.25. The van der Waals surface area contributed by atoms with E-state index in [0.717, 1.165) is 0 Å². The molecule has 2 aromatic carbocycles. The number of ether oxygens (including phenoxy) is 1. The molecular weight excluding hydrogens is 446 g/mol. The van der Waals surface area contributed by atoms with Crippen LogP contribution in [-0.4, -0.2) is 66.9 Å². The maximum atomic E-state index is 13.0. The first kappa shape index (κ1) is 22.9. The molecule has 1 aliphatic rings. The lowest BCUT2D eigenvalue weighted by atomic mass is 10.2. The summed E-state index contributed by atoms with van der Waals surface area (Å²) in [5.41, 5.74) is 0.813. The number of anilines is 1. The molecular formula is C22H25N5O5S. The van der Waals surface area contributed by atoms with E-state index >= 15 is 0 Å². The molecule has 1 N–H and O–H groups in total. The molecule has 1 fully saturated rings. The number of nitrogens with one attached hydrogen (secondary N) is 1. The number of benzene rings is 2. The van der Waals surface area contributed by atoms with Gasteiger partial charge in [-0.2, -0.15) is 9.29 Å². The lowest BCUT2D eigenvalue weighted by Crippen LogP contribution is -2.47. The molecule has 33 heavy (non-hydrogen) atoms. The van der Waals surface area contributed by atoms with Crippen LogP contribution in [-0.2, 0) is 16.6 Å². The average molecular weight is 472 g/mol. The van der Waals surface area contributed by atoms with Crippen LogP contribution in [0.4, 0.5) is 5.69 Å². The SMILES string of the molecule is Cc1nc(COc2ccc(C(=O)Nc3cccc(S(=O)(=O)N4CCN(C)CC4)c3)cc2)no1. The molecule has 4 rings (SSSR count). The van der Waals surface area contributed by atoms with E-state index in [1.807, 2.05) is 7.05 Å². The summed E-state index contributed by atoms with van der Waals surface area (Å²) < 4.78 is 37.9. The quantitative estimate of drug-likeness (QED) is 0.557. The van der Waals surface area contributed by atoms with Gasteiger partial charge in [0, 0.05) is 44.4 Å². The number of nitrogens with zero attached hydrogens (tertiary/aromatic N) is 4. The second-order valence-corrected chi connectivity index (χ2v) is 9.67. The molecule has 1 saturated heterocycles. The third kappa shape index (κ3) is 5.56. The Kier molecular flexibility index (Phi) is 6.72. The van der Waals surface area contributed by atoms with Crippen molar-refractivity contribution in [2.75, 3.05) is 38.5 Å². The van der Waals surface area contributed by atoms with E-state index < -0.39 is 10.0 Å². The van der Waals surface area contributed by atoms with Gasteiger partial charge in [0.2, 0.25) is 21.7 Å². The van der Waals surface area contributed by atoms with Crippen molar-refractivity contribution in [3.8, 4) is 5.75 Å². The molecule has 0 bridgehead atoms. The minimum Gasteiger partial charge on any atom is -0.485 e. The number of aryl methyl sites for hydroxylation is 1. The van der Waals surface area contributed by atoms with Gasteiger partial charge in [0.25, 0.3) is 5.91 Å². The van der Waals surface area contributed by atoms with Gasteiger partial charge in [0.05, 0.1) is 4.90 Å². The summed E-state index contributed by atoms with van der Waals surface area (Å²) in [5.74, 6) is 1.08. The van der Waals surface area contributed by atoms with Gasteiger partial charge < -0.3 is 19.5 Å². The molecule has 1 aromatic heterocycles. The number of likely N-dealkylation sites (N-methyl/N-ethyl adjacent to an activating group) is 1. The molecule has 0 radical (unpaired) electrons. The predicted octanol–water partition coefficient (Wildman–Crippen LogP) is 2.15. The third-order valence-corrected chi connectivity index (χ3v) is 7.14. The Hall–Kier alpha value is -3.28. The fraction of sp³-hybridized carbons (Fsp3) is 0.318. The van der Waals surface area contributed by atoms with E-state index in [1.54, 1.807) is 49.4 Å². The van der Waals surface area contributed by atoms with Crippen molar-refractivity contribution in [3.05, 3.63) is 65.8 Å². The Morgan fingerprint density at radius 3 is 2.52 bits per heavy atom. The van der Waals surface area contributed by atoms with Crippen LogP contribution in [0.15, 0.2) is 57.9 Å². The Balaban J connectivity index is 1.39. The van der Waals surface area contributed by atoms with E-state index in [1.165, 1.54) is 10.4 Å². The standard InChI is InChI=1S/C22H25N5O5S/c1-16-23-21(25-32-16)15-31-19-8-6-17(7-9-19)22(28)24-18-4-3-5-20(14-18)33(29,30)27-12-10-26(2)11-13-27/h3-9,14H,10-13,15H2,1-2H3,(H,24,28). The molecule has 11 heteroatoms. The number of sulfonamides is 1. The van der Waals surface area contributed by atoms with Gasteiger partial charge in [-0.05, 0) is 49.5 Å². The fourth-order valence-corrected chi connectivity index (χ4v) is 4.83. The summed E-state index contributed by atoms with van der Waals surface area (Å²) in [6.45, 7) is 4.10. The summed E-state index contributed by atoms with van der Waals surface area (Å²) in [4.78, 5) is 19.0. The number of hydrogen-bond acceptors (Lipinski definition) is 8. The first-order chi connectivity index (χ1) is 15.8. The highest BCUT2D eigenvalue weighted by Crippen LogP contribution is 2.22. The number of carbonyl (C=O) groups excluding carboxylic acids is 1. The number of amides is 1. The number of rotatable bonds is 7. The molecule has 10 nitrogen and oxygen atoms in total. The molecule has 0 aliphatic carbocycles. The van der Waals surface area contributed by atoms with Gasteiger partial charge in [-0.15, -0.1) is 0 Å². The largest absolute Gasteiger partial charge is 0.485 e. The van der Waals surface area contributed by atoms with Crippen molar-refractivity contribution in [2.45, 2.75) is 18.4 Å². The lowest BCUT2D eigenvalue weighted by Gasteiger charge is -2.31. The maximum Gasteiger partial charge on any atom is 0.255 e. The van der Waals surface area contributed by atoms with Gasteiger partial charge in [-0.3, -0.25) is 4.79 Å². The number of hydrogen-bond donors (Lipinski definition) is 1. The van der Waals surface area contributed by atoms with Gasteiger partial charge in [0.1, 0.15) is 5.75 Å². The van der Waals surface area contributed by atoms with E-state index in [-0.39, 0.29) is 17.4 Å². The summed E-state index contributed by atoms with van der Waals surface area (Å²) in [5, 5.41) is 6.52. The van der Waals surface area contributed by atoms with E-state index in [9.17, 15) is 13.2 Å². The van der Waals surface area contributed by atoms with Crippen molar-refractivity contribution in [1.29, 1.82) is 0 Å². The zero-order valence-corrected chi connectivity index (χ0v) is 19.2. The summed E-state index contributed by atoms with van der Waals surface area (Å²) in [6.07, 6.45) is 0. The monoisotopic (exact) mass is 471 g/mol. The Labute approximate surface area is 192 Å². The first-order valence-corrected chi connectivity index (χ1v) is 11.9. The van der Waals surface area contributed by atoms with E-state index in [2.05, 4.69) is 20.4 Å². The molecule has 0 spiro atoms. The molecule has 0 unspecified atom stereocenters. The lowest BCUT2D eigenvalue weighted by molar-refractivity contribution is 0.102. The Morgan fingerprint density at radius 1 is 1.12 bits per heavy atom. The highest BCUT2D eigenvalue weighted by Gasteiger charge is 2.27. The van der Waals surface area contributed by atoms with Crippen LogP contribution in [0, 0.1) is 6.92 Å². The van der Waals surface area contributed by atoms with Crippen molar-refractivity contribution in [1.82, 2.24) is 19.3 Å². The molecule has 0 saturated carbocycles. The fourth-order valence-electron chi connectivity index (χ4n) is 3.37. The highest BCUT2D eigenvalue weighted by molar-refractivity contribution is 7.89. The van der Waals surface area contributed by atoms with Gasteiger partial charge in [-0.25, -0.2) is 8.42 Å². The zero-order valence-electron chi connectivity index (χ0n) is 18.4. The van der Waals surface area contributed by atoms with Gasteiger partial charge in [0.15, 0.2) is 6.61 Å².